The number of nitrogens with zero attached hydrogens (tertiary/aromatic N) is 3. The van der Waals surface area contributed by atoms with Crippen molar-refractivity contribution < 1.29 is 9.53 Å². The summed E-state index contributed by atoms with van der Waals surface area (Å²) in [5.41, 5.74) is 3.11. The highest BCUT2D eigenvalue weighted by atomic mass is 16.5. The van der Waals surface area contributed by atoms with Crippen LogP contribution in [0.2, 0.25) is 0 Å². The number of amides is 1. The Hall–Kier alpha value is -2.68. The van der Waals surface area contributed by atoms with E-state index in [1.165, 1.54) is 0 Å². The molecular weight excluding hydrogens is 350 g/mol. The van der Waals surface area contributed by atoms with Crippen LogP contribution >= 0.6 is 0 Å². The Labute approximate surface area is 167 Å². The molecule has 0 unspecified atom stereocenters. The standard InChI is InChI=1S/C23H27N3O2/c1-25(2)13-14-26(17-21-7-5-15-28-21)23(27)19-11-9-18(10-12-19)22-8-4-3-6-20(22)16-24/h3-4,6,8-12,21H,5,7,13-15,17H2,1-2H3/t21-/m1/s1. The normalized spacial score (nSPS) is 16.1. The summed E-state index contributed by atoms with van der Waals surface area (Å²) in [6, 6.07) is 17.3. The average molecular weight is 377 g/mol. The summed E-state index contributed by atoms with van der Waals surface area (Å²) in [6.45, 7) is 2.90. The van der Waals surface area contributed by atoms with Gasteiger partial charge in [0, 0.05) is 31.8 Å². The molecule has 5 heteroatoms. The van der Waals surface area contributed by atoms with Crippen LogP contribution in [-0.2, 0) is 4.74 Å². The SMILES string of the molecule is CN(C)CCN(C[C@H]1CCCO1)C(=O)c1ccc(-c2ccccc2C#N)cc1. The Morgan fingerprint density at radius 1 is 1.14 bits per heavy atom. The van der Waals surface area contributed by atoms with Crippen LogP contribution in [0, 0.1) is 11.3 Å². The van der Waals surface area contributed by atoms with Crippen LogP contribution in [0.5, 0.6) is 0 Å². The number of rotatable bonds is 7. The summed E-state index contributed by atoms with van der Waals surface area (Å²) < 4.78 is 5.74. The van der Waals surface area contributed by atoms with E-state index in [0.29, 0.717) is 24.2 Å². The lowest BCUT2D eigenvalue weighted by molar-refractivity contribution is 0.0512. The molecule has 1 aliphatic rings. The highest BCUT2D eigenvalue weighted by Crippen LogP contribution is 2.24. The molecule has 0 aromatic heterocycles. The van der Waals surface area contributed by atoms with Gasteiger partial charge in [0.25, 0.3) is 5.91 Å². The molecule has 0 radical (unpaired) electrons. The molecule has 3 rings (SSSR count). The summed E-state index contributed by atoms with van der Waals surface area (Å²) in [5, 5.41) is 9.31. The van der Waals surface area contributed by atoms with Crippen molar-refractivity contribution in [2.45, 2.75) is 18.9 Å². The van der Waals surface area contributed by atoms with Crippen LogP contribution in [0.4, 0.5) is 0 Å². The fraction of sp³-hybridized carbons (Fsp3) is 0.391. The third kappa shape index (κ3) is 4.98. The minimum absolute atomic E-state index is 0.0254. The second-order valence-corrected chi connectivity index (χ2v) is 7.42. The molecule has 1 atom stereocenters. The van der Waals surface area contributed by atoms with E-state index in [1.807, 2.05) is 61.5 Å². The number of hydrogen-bond acceptors (Lipinski definition) is 4. The van der Waals surface area contributed by atoms with Gasteiger partial charge in [0.2, 0.25) is 0 Å². The molecule has 1 saturated heterocycles. The Morgan fingerprint density at radius 2 is 1.89 bits per heavy atom. The van der Waals surface area contributed by atoms with Crippen molar-refractivity contribution in [1.29, 1.82) is 5.26 Å². The van der Waals surface area contributed by atoms with Crippen molar-refractivity contribution in [1.82, 2.24) is 9.80 Å². The topological polar surface area (TPSA) is 56.6 Å². The number of nitriles is 1. The molecule has 5 nitrogen and oxygen atoms in total. The van der Waals surface area contributed by atoms with Crippen LogP contribution < -0.4 is 0 Å². The van der Waals surface area contributed by atoms with Crippen LogP contribution in [0.1, 0.15) is 28.8 Å². The first-order valence-electron chi connectivity index (χ1n) is 9.73. The minimum atomic E-state index is 0.0254. The highest BCUT2D eigenvalue weighted by Gasteiger charge is 2.23. The number of benzene rings is 2. The maximum Gasteiger partial charge on any atom is 0.253 e. The van der Waals surface area contributed by atoms with Crippen LogP contribution in [0.25, 0.3) is 11.1 Å². The summed E-state index contributed by atoms with van der Waals surface area (Å²) in [4.78, 5) is 17.1. The van der Waals surface area contributed by atoms with E-state index < -0.39 is 0 Å². The number of hydrogen-bond donors (Lipinski definition) is 0. The van der Waals surface area contributed by atoms with Gasteiger partial charge in [-0.25, -0.2) is 0 Å². The van der Waals surface area contributed by atoms with Crippen molar-refractivity contribution >= 4 is 5.91 Å². The van der Waals surface area contributed by atoms with E-state index in [4.69, 9.17) is 4.74 Å². The van der Waals surface area contributed by atoms with E-state index in [9.17, 15) is 10.1 Å². The zero-order valence-corrected chi connectivity index (χ0v) is 16.6. The van der Waals surface area contributed by atoms with Gasteiger partial charge in [-0.05, 0) is 56.3 Å². The molecule has 1 heterocycles. The molecule has 2 aromatic rings. The van der Waals surface area contributed by atoms with Crippen molar-refractivity contribution in [3.05, 3.63) is 59.7 Å². The van der Waals surface area contributed by atoms with Gasteiger partial charge in [0.1, 0.15) is 0 Å². The Bertz CT molecular complexity index is 834. The Kier molecular flexibility index (Phi) is 6.80. The van der Waals surface area contributed by atoms with Crippen LogP contribution in [0.15, 0.2) is 48.5 Å². The van der Waals surface area contributed by atoms with Crippen molar-refractivity contribution in [2.24, 2.45) is 0 Å². The Balaban J connectivity index is 1.77. The van der Waals surface area contributed by atoms with E-state index in [1.54, 1.807) is 6.07 Å². The summed E-state index contributed by atoms with van der Waals surface area (Å²) in [7, 11) is 4.02. The molecule has 2 aromatic carbocycles. The minimum Gasteiger partial charge on any atom is -0.376 e. The third-order valence-corrected chi connectivity index (χ3v) is 5.04. The molecular formula is C23H27N3O2. The quantitative estimate of drug-likeness (QED) is 0.742. The summed E-state index contributed by atoms with van der Waals surface area (Å²) >= 11 is 0. The lowest BCUT2D eigenvalue weighted by Crippen LogP contribution is -2.41. The van der Waals surface area contributed by atoms with Gasteiger partial charge < -0.3 is 14.5 Å². The summed E-state index contributed by atoms with van der Waals surface area (Å²) in [6.07, 6.45) is 2.20. The molecule has 0 spiro atoms. The fourth-order valence-corrected chi connectivity index (χ4v) is 3.44. The average Bonchev–Trinajstić information content (AvgIpc) is 3.23. The van der Waals surface area contributed by atoms with Gasteiger partial charge >= 0.3 is 0 Å². The molecule has 1 amide bonds. The second kappa shape index (κ2) is 9.50. The lowest BCUT2D eigenvalue weighted by atomic mass is 9.99. The van der Waals surface area contributed by atoms with E-state index >= 15 is 0 Å². The Morgan fingerprint density at radius 3 is 2.54 bits per heavy atom. The van der Waals surface area contributed by atoms with Crippen molar-refractivity contribution in [2.75, 3.05) is 40.3 Å². The number of likely N-dealkylation sites (N-methyl/N-ethyl adjacent to an activating group) is 1. The zero-order chi connectivity index (χ0) is 19.9. The first-order chi connectivity index (χ1) is 13.6. The van der Waals surface area contributed by atoms with E-state index in [0.717, 1.165) is 37.1 Å². The lowest BCUT2D eigenvalue weighted by Gasteiger charge is -2.27. The molecule has 28 heavy (non-hydrogen) atoms. The highest BCUT2D eigenvalue weighted by molar-refractivity contribution is 5.94. The number of ether oxygens (including phenoxy) is 1. The van der Waals surface area contributed by atoms with E-state index in [2.05, 4.69) is 11.0 Å². The first kappa shape index (κ1) is 20.1. The molecule has 0 bridgehead atoms. The largest absolute Gasteiger partial charge is 0.376 e. The molecule has 0 saturated carbocycles. The number of carbonyl (C=O) groups excluding carboxylic acids is 1. The molecule has 1 aliphatic heterocycles. The van der Waals surface area contributed by atoms with Gasteiger partial charge in [-0.15, -0.1) is 0 Å². The van der Waals surface area contributed by atoms with Crippen LogP contribution in [0.3, 0.4) is 0 Å². The fourth-order valence-electron chi connectivity index (χ4n) is 3.44. The van der Waals surface area contributed by atoms with Gasteiger partial charge in [0.15, 0.2) is 0 Å². The van der Waals surface area contributed by atoms with Crippen LogP contribution in [-0.4, -0.2) is 62.1 Å². The second-order valence-electron chi connectivity index (χ2n) is 7.42. The summed E-state index contributed by atoms with van der Waals surface area (Å²) in [5.74, 6) is 0.0254. The smallest absolute Gasteiger partial charge is 0.253 e. The van der Waals surface area contributed by atoms with Gasteiger partial charge in [0.05, 0.1) is 17.7 Å². The van der Waals surface area contributed by atoms with Crippen molar-refractivity contribution in [3.8, 4) is 17.2 Å². The zero-order valence-electron chi connectivity index (χ0n) is 16.6. The number of carbonyl (C=O) groups is 1. The predicted octanol–water partition coefficient (Wildman–Crippen LogP) is 3.41. The van der Waals surface area contributed by atoms with Gasteiger partial charge in [-0.2, -0.15) is 5.26 Å². The van der Waals surface area contributed by atoms with Gasteiger partial charge in [-0.3, -0.25) is 4.79 Å². The molecule has 0 N–H and O–H groups in total. The molecule has 1 fully saturated rings. The van der Waals surface area contributed by atoms with Gasteiger partial charge in [-0.1, -0.05) is 30.3 Å². The maximum atomic E-state index is 13.1. The predicted molar refractivity (Wildman–Crippen MR) is 110 cm³/mol. The first-order valence-corrected chi connectivity index (χ1v) is 9.73. The maximum absolute atomic E-state index is 13.1. The van der Waals surface area contributed by atoms with E-state index in [-0.39, 0.29) is 12.0 Å². The van der Waals surface area contributed by atoms with Crippen molar-refractivity contribution in [3.63, 3.8) is 0 Å². The third-order valence-electron chi connectivity index (χ3n) is 5.04. The molecule has 0 aliphatic carbocycles. The monoisotopic (exact) mass is 377 g/mol. The molecule has 146 valence electrons.